The van der Waals surface area contributed by atoms with Crippen LogP contribution in [0.2, 0.25) is 0 Å². The van der Waals surface area contributed by atoms with Crippen LogP contribution in [0.4, 0.5) is 0 Å². The first-order chi connectivity index (χ1) is 18.1. The summed E-state index contributed by atoms with van der Waals surface area (Å²) in [5.41, 5.74) is 4.59. The van der Waals surface area contributed by atoms with Crippen molar-refractivity contribution < 1.29 is 36.1 Å². The Morgan fingerprint density at radius 1 is 0.474 bits per heavy atom. The summed E-state index contributed by atoms with van der Waals surface area (Å²) < 4.78 is 0. The number of hydrogen-bond acceptors (Lipinski definition) is 3. The molecule has 0 saturated heterocycles. The smallest absolute Gasteiger partial charge is 0 e. The summed E-state index contributed by atoms with van der Waals surface area (Å²) in [6, 6.07) is 42.4. The van der Waals surface area contributed by atoms with Crippen molar-refractivity contribution in [1.82, 2.24) is 0 Å². The predicted octanol–water partition coefficient (Wildman–Crippen LogP) is 7.65. The van der Waals surface area contributed by atoms with Gasteiger partial charge in [-0.2, -0.15) is 86.0 Å². The van der Waals surface area contributed by atoms with Crippen molar-refractivity contribution in [3.8, 4) is 0 Å². The second-order valence-corrected chi connectivity index (χ2v) is 7.06. The van der Waals surface area contributed by atoms with Gasteiger partial charge in [-0.3, -0.25) is 20.4 Å². The van der Waals surface area contributed by atoms with E-state index in [-0.39, 0.29) is 21.7 Å². The Bertz CT molecular complexity index is 1060. The van der Waals surface area contributed by atoms with E-state index in [2.05, 4.69) is 84.5 Å². The van der Waals surface area contributed by atoms with Gasteiger partial charge in [0.25, 0.3) is 0 Å². The minimum atomic E-state index is 0. The second kappa shape index (κ2) is 27.4. The number of benzene rings is 4. The molecule has 0 aliphatic carbocycles. The van der Waals surface area contributed by atoms with Crippen LogP contribution < -0.4 is 0 Å². The normalized spacial score (nSPS) is 7.82. The van der Waals surface area contributed by atoms with Crippen LogP contribution in [-0.4, -0.2) is 20.4 Å². The van der Waals surface area contributed by atoms with Crippen LogP contribution in [0.25, 0.3) is 10.8 Å². The Balaban J connectivity index is -0.000000404. The summed E-state index contributed by atoms with van der Waals surface area (Å²) in [6.45, 7) is 23.1. The van der Waals surface area contributed by atoms with Crippen molar-refractivity contribution >= 4 is 31.1 Å². The standard InChI is InChI=1S/C10H9.3C7H7.3CHO.Ti/c1-8-6-7-9-4-2-3-5-10(8)9;3*1-7-5-3-2-4-6-7;3*1-2;/h2-7H,1H3;3*2-6H,1H2;3*1H;/q7*-1;. The molecule has 38 heavy (non-hydrogen) atoms. The number of hydrogen-bond donors (Lipinski definition) is 0. The van der Waals surface area contributed by atoms with Crippen LogP contribution in [-0.2, 0) is 36.1 Å². The molecule has 198 valence electrons. The van der Waals surface area contributed by atoms with Gasteiger partial charge in [0.05, 0.1) is 0 Å². The fourth-order valence-electron chi connectivity index (χ4n) is 2.74. The molecule has 5 rings (SSSR count). The molecule has 0 saturated carbocycles. The number of carbonyl (C=O) groups excluding carboxylic acids is 3. The average Bonchev–Trinajstić information content (AvgIpc) is 3.35. The zero-order valence-corrected chi connectivity index (χ0v) is 23.3. The number of aryl methyl sites for hydroxylation is 1. The zero-order valence-electron chi connectivity index (χ0n) is 21.7. The van der Waals surface area contributed by atoms with Crippen molar-refractivity contribution in [3.05, 3.63) is 170 Å². The van der Waals surface area contributed by atoms with Crippen molar-refractivity contribution in [3.63, 3.8) is 0 Å². The first-order valence-electron chi connectivity index (χ1n) is 11.0. The SMILES string of the molecule is C[c-]1ccc2ccccc21.[CH-]=O.[CH-]=O.[CH-]=O.[CH2-]c1ccccc1.[CH2-]c1ccccc1.[CH2-]c1ccccc1.[Ti]. The maximum atomic E-state index is 7.75. The van der Waals surface area contributed by atoms with Gasteiger partial charge in [0, 0.05) is 21.7 Å². The van der Waals surface area contributed by atoms with E-state index in [0.717, 1.165) is 16.7 Å². The molecule has 0 bridgehead atoms. The van der Waals surface area contributed by atoms with E-state index in [1.807, 2.05) is 91.0 Å². The third-order valence-corrected chi connectivity index (χ3v) is 4.43. The van der Waals surface area contributed by atoms with E-state index in [1.54, 1.807) is 0 Å². The summed E-state index contributed by atoms with van der Waals surface area (Å²) in [6.07, 6.45) is 0. The molecule has 0 atom stereocenters. The second-order valence-electron chi connectivity index (χ2n) is 7.06. The molecule has 5 aromatic rings. The molecule has 0 radical (unpaired) electrons. The Morgan fingerprint density at radius 2 is 0.763 bits per heavy atom. The summed E-state index contributed by atoms with van der Waals surface area (Å²) in [7, 11) is 0. The monoisotopic (exact) mass is 537 g/mol. The molecule has 0 N–H and O–H groups in total. The summed E-state index contributed by atoms with van der Waals surface area (Å²) in [5.74, 6) is 0. The summed E-state index contributed by atoms with van der Waals surface area (Å²) >= 11 is 0. The van der Waals surface area contributed by atoms with Crippen LogP contribution in [0.1, 0.15) is 22.3 Å². The van der Waals surface area contributed by atoms with E-state index in [1.165, 1.54) is 16.3 Å². The van der Waals surface area contributed by atoms with E-state index in [9.17, 15) is 0 Å². The molecule has 0 spiro atoms. The molecule has 0 fully saturated rings. The number of fused-ring (bicyclic) bond motifs is 1. The van der Waals surface area contributed by atoms with Gasteiger partial charge in [-0.1, -0.05) is 31.2 Å². The largest absolute Gasteiger partial charge is 0.545 e. The Hall–Kier alpha value is -4.18. The topological polar surface area (TPSA) is 51.2 Å². The molecule has 0 heterocycles. The Morgan fingerprint density at radius 3 is 1.03 bits per heavy atom. The van der Waals surface area contributed by atoms with Crippen LogP contribution in [0.15, 0.2) is 127 Å². The minimum Gasteiger partial charge on any atom is -0.545 e. The van der Waals surface area contributed by atoms with E-state index in [0.29, 0.717) is 0 Å². The fourth-order valence-corrected chi connectivity index (χ4v) is 2.74. The zero-order chi connectivity index (χ0) is 28.3. The third-order valence-electron chi connectivity index (χ3n) is 4.43. The van der Waals surface area contributed by atoms with E-state index < -0.39 is 0 Å². The Labute approximate surface area is 243 Å². The predicted molar refractivity (Wildman–Crippen MR) is 157 cm³/mol. The third kappa shape index (κ3) is 19.1. The van der Waals surface area contributed by atoms with Gasteiger partial charge in [-0.15, -0.1) is 70.9 Å². The van der Waals surface area contributed by atoms with Crippen molar-refractivity contribution in [2.75, 3.05) is 0 Å². The molecular weight excluding hydrogens is 504 g/mol. The molecule has 0 unspecified atom stereocenters. The van der Waals surface area contributed by atoms with Gasteiger partial charge in [0.1, 0.15) is 0 Å². The fraction of sp³-hybridized carbons (Fsp3) is 0.0294. The quantitative estimate of drug-likeness (QED) is 0.116. The van der Waals surface area contributed by atoms with Gasteiger partial charge in [0.15, 0.2) is 0 Å². The van der Waals surface area contributed by atoms with Gasteiger partial charge in [-0.05, 0) is 0 Å². The van der Waals surface area contributed by atoms with Crippen molar-refractivity contribution in [2.24, 2.45) is 0 Å². The summed E-state index contributed by atoms with van der Waals surface area (Å²) in [5, 5.41) is 2.72. The van der Waals surface area contributed by atoms with Crippen LogP contribution >= 0.6 is 0 Å². The van der Waals surface area contributed by atoms with Gasteiger partial charge in [0.2, 0.25) is 0 Å². The van der Waals surface area contributed by atoms with E-state index in [4.69, 9.17) is 14.4 Å². The molecule has 5 aromatic carbocycles. The van der Waals surface area contributed by atoms with Crippen LogP contribution in [0.5, 0.6) is 0 Å². The molecule has 0 amide bonds. The Kier molecular flexibility index (Phi) is 27.7. The maximum absolute atomic E-state index is 7.75. The molecule has 0 aliphatic rings. The average molecular weight is 538 g/mol. The summed E-state index contributed by atoms with van der Waals surface area (Å²) in [4.78, 5) is 23.2. The van der Waals surface area contributed by atoms with Crippen LogP contribution in [0.3, 0.4) is 0 Å². The molecule has 3 nitrogen and oxygen atoms in total. The molecular formula is C34H33O3Ti-7. The maximum Gasteiger partial charge on any atom is 0 e. The first-order valence-corrected chi connectivity index (χ1v) is 11.0. The van der Waals surface area contributed by atoms with Crippen molar-refractivity contribution in [1.29, 1.82) is 0 Å². The van der Waals surface area contributed by atoms with Crippen molar-refractivity contribution in [2.45, 2.75) is 6.92 Å². The van der Waals surface area contributed by atoms with Gasteiger partial charge < -0.3 is 14.4 Å². The van der Waals surface area contributed by atoms with Gasteiger partial charge in [-0.25, -0.2) is 0 Å². The van der Waals surface area contributed by atoms with Gasteiger partial charge >= 0.3 is 0 Å². The molecule has 4 heteroatoms. The molecule has 0 aliphatic heterocycles. The first kappa shape index (κ1) is 38.4. The molecule has 0 aromatic heterocycles. The van der Waals surface area contributed by atoms with Crippen LogP contribution in [0, 0.1) is 27.7 Å². The van der Waals surface area contributed by atoms with E-state index >= 15 is 0 Å². The minimum absolute atomic E-state index is 0. The number of rotatable bonds is 0.